The molecule has 0 bridgehead atoms. The fourth-order valence-corrected chi connectivity index (χ4v) is 5.44. The molecule has 2 atom stereocenters. The van der Waals surface area contributed by atoms with Gasteiger partial charge in [0, 0.05) is 12.7 Å². The van der Waals surface area contributed by atoms with Crippen molar-refractivity contribution in [3.8, 4) is 0 Å². The summed E-state index contributed by atoms with van der Waals surface area (Å²) in [5, 5.41) is 0.111. The van der Waals surface area contributed by atoms with Gasteiger partial charge in [0.05, 0.1) is 0 Å². The van der Waals surface area contributed by atoms with Crippen LogP contribution < -0.4 is 5.43 Å². The predicted octanol–water partition coefficient (Wildman–Crippen LogP) is 5.24. The number of carbonyl (C=O) groups is 2. The van der Waals surface area contributed by atoms with Crippen LogP contribution in [-0.4, -0.2) is 28.3 Å². The minimum Gasteiger partial charge on any atom is -0.270 e. The van der Waals surface area contributed by atoms with Crippen LogP contribution in [-0.2, 0) is 21.8 Å². The summed E-state index contributed by atoms with van der Waals surface area (Å²) in [6.45, 7) is 2.21. The van der Waals surface area contributed by atoms with Crippen molar-refractivity contribution in [3.05, 3.63) is 71.8 Å². The Labute approximate surface area is 184 Å². The maximum Gasteiger partial charge on any atom is 0.345 e. The number of hydrogen-bond acceptors (Lipinski definition) is 3. The third-order valence-electron chi connectivity index (χ3n) is 5.75. The lowest BCUT2D eigenvalue weighted by Gasteiger charge is -2.47. The van der Waals surface area contributed by atoms with Crippen molar-refractivity contribution in [1.82, 2.24) is 5.43 Å². The van der Waals surface area contributed by atoms with Crippen LogP contribution in [0.4, 0.5) is 0 Å². The maximum atomic E-state index is 12.6. The molecule has 1 fully saturated rings. The van der Waals surface area contributed by atoms with Gasteiger partial charge in [0.15, 0.2) is 5.37 Å². The number of thioether (sulfide) groups is 1. The molecule has 1 N–H and O–H groups in total. The molecule has 3 rings (SSSR count). The quantitative estimate of drug-likeness (QED) is 0.287. The zero-order valence-electron chi connectivity index (χ0n) is 17.9. The normalized spacial score (nSPS) is 20.6. The number of quaternary nitrogens is 1. The molecule has 1 saturated heterocycles. The molecule has 0 spiro atoms. The van der Waals surface area contributed by atoms with Crippen molar-refractivity contribution in [2.24, 2.45) is 0 Å². The van der Waals surface area contributed by atoms with Crippen LogP contribution in [0, 0.1) is 0 Å². The van der Waals surface area contributed by atoms with Crippen LogP contribution >= 0.6 is 11.8 Å². The van der Waals surface area contributed by atoms with Crippen LogP contribution in [0.3, 0.4) is 0 Å². The summed E-state index contributed by atoms with van der Waals surface area (Å²) in [6.07, 6.45) is 7.29. The molecular weight excluding hydrogens is 392 g/mol. The Bertz CT molecular complexity index is 812. The monoisotopic (exact) mass is 425 g/mol. The van der Waals surface area contributed by atoms with Crippen LogP contribution in [0.15, 0.2) is 60.7 Å². The Hall–Kier alpha value is -2.11. The Balaban J connectivity index is 1.43. The SMILES string of the molecule is CC(=O)N[N+]1(CCCCCCCc2ccccc2)C(=O)CC1SCc1ccccc1. The highest BCUT2D eigenvalue weighted by molar-refractivity contribution is 7.99. The zero-order chi connectivity index (χ0) is 21.2. The number of hydrogen-bond donors (Lipinski definition) is 1. The first kappa shape index (κ1) is 22.6. The number of likely N-dealkylation sites (tertiary alicyclic amines) is 1. The molecule has 30 heavy (non-hydrogen) atoms. The number of rotatable bonds is 12. The predicted molar refractivity (Wildman–Crippen MR) is 123 cm³/mol. The Kier molecular flexibility index (Phi) is 8.52. The van der Waals surface area contributed by atoms with Gasteiger partial charge in [-0.2, -0.15) is 5.43 Å². The Morgan fingerprint density at radius 3 is 2.17 bits per heavy atom. The number of aryl methyl sites for hydroxylation is 1. The number of β-lactam (4-membered cyclic amide) rings is 1. The van der Waals surface area contributed by atoms with E-state index in [9.17, 15) is 9.59 Å². The van der Waals surface area contributed by atoms with E-state index in [1.165, 1.54) is 37.3 Å². The first-order valence-corrected chi connectivity index (χ1v) is 12.0. The van der Waals surface area contributed by atoms with Gasteiger partial charge < -0.3 is 0 Å². The lowest BCUT2D eigenvalue weighted by atomic mass is 10.0. The van der Waals surface area contributed by atoms with Gasteiger partial charge in [-0.25, -0.2) is 4.79 Å². The van der Waals surface area contributed by atoms with Gasteiger partial charge >= 0.3 is 5.91 Å². The molecule has 1 heterocycles. The molecule has 5 heteroatoms. The molecule has 2 aromatic carbocycles. The summed E-state index contributed by atoms with van der Waals surface area (Å²) < 4.78 is 0.122. The van der Waals surface area contributed by atoms with Gasteiger partial charge in [0.25, 0.3) is 5.91 Å². The third kappa shape index (κ3) is 6.19. The van der Waals surface area contributed by atoms with Gasteiger partial charge in [-0.05, 0) is 36.8 Å². The van der Waals surface area contributed by atoms with Crippen LogP contribution in [0.2, 0.25) is 0 Å². The van der Waals surface area contributed by atoms with Crippen molar-refractivity contribution >= 4 is 23.6 Å². The van der Waals surface area contributed by atoms with Crippen LogP contribution in [0.25, 0.3) is 0 Å². The number of nitrogens with zero attached hydrogens (tertiary/aromatic N) is 1. The molecule has 2 amide bonds. The van der Waals surface area contributed by atoms with Crippen molar-refractivity contribution in [1.29, 1.82) is 0 Å². The highest BCUT2D eigenvalue weighted by Gasteiger charge is 2.57. The molecule has 2 aromatic rings. The zero-order valence-corrected chi connectivity index (χ0v) is 18.7. The number of benzene rings is 2. The van der Waals surface area contributed by atoms with E-state index in [2.05, 4.69) is 47.9 Å². The van der Waals surface area contributed by atoms with E-state index in [4.69, 9.17) is 0 Å². The minimum atomic E-state index is -0.128. The largest absolute Gasteiger partial charge is 0.345 e. The van der Waals surface area contributed by atoms with Crippen molar-refractivity contribution in [3.63, 3.8) is 0 Å². The number of carbonyl (C=O) groups excluding carboxylic acids is 2. The van der Waals surface area contributed by atoms with E-state index in [-0.39, 0.29) is 21.8 Å². The molecule has 0 aromatic heterocycles. The van der Waals surface area contributed by atoms with Gasteiger partial charge in [-0.3, -0.25) is 4.79 Å². The average molecular weight is 426 g/mol. The topological polar surface area (TPSA) is 46.2 Å². The summed E-state index contributed by atoms with van der Waals surface area (Å²) >= 11 is 1.78. The maximum absolute atomic E-state index is 12.6. The molecule has 1 aliphatic heterocycles. The molecule has 0 aliphatic carbocycles. The van der Waals surface area contributed by atoms with Gasteiger partial charge in [-0.1, -0.05) is 85.3 Å². The van der Waals surface area contributed by atoms with E-state index in [0.717, 1.165) is 25.0 Å². The molecule has 160 valence electrons. The van der Waals surface area contributed by atoms with Gasteiger partial charge in [0.2, 0.25) is 0 Å². The van der Waals surface area contributed by atoms with E-state index in [1.807, 2.05) is 18.2 Å². The molecule has 2 unspecified atom stereocenters. The Morgan fingerprint density at radius 1 is 0.933 bits per heavy atom. The summed E-state index contributed by atoms with van der Waals surface area (Å²) in [5.41, 5.74) is 5.63. The fraction of sp³-hybridized carbons (Fsp3) is 0.440. The first-order valence-electron chi connectivity index (χ1n) is 11.0. The highest BCUT2D eigenvalue weighted by Crippen LogP contribution is 2.38. The molecule has 1 aliphatic rings. The molecule has 0 saturated carbocycles. The van der Waals surface area contributed by atoms with Gasteiger partial charge in [-0.15, -0.1) is 4.59 Å². The smallest absolute Gasteiger partial charge is 0.270 e. The van der Waals surface area contributed by atoms with Crippen LogP contribution in [0.1, 0.15) is 56.6 Å². The standard InChI is InChI=1S/C25H32N2O2S/c1-21(28)26-27(18-12-4-2-3-7-13-22-14-8-5-9-15-22)24(29)19-25(27)30-20-23-16-10-6-11-17-23/h5-6,8-11,14-17,25H,2-4,7,12-13,18-20H2,1H3/p+1. The lowest BCUT2D eigenvalue weighted by molar-refractivity contribution is -0.924. The van der Waals surface area contributed by atoms with E-state index in [1.54, 1.807) is 11.8 Å². The van der Waals surface area contributed by atoms with E-state index < -0.39 is 0 Å². The van der Waals surface area contributed by atoms with Crippen molar-refractivity contribution in [2.75, 3.05) is 6.54 Å². The molecule has 4 nitrogen and oxygen atoms in total. The average Bonchev–Trinajstić information content (AvgIpc) is 2.76. The summed E-state index contributed by atoms with van der Waals surface area (Å²) in [7, 11) is 0. The third-order valence-corrected chi connectivity index (χ3v) is 7.16. The van der Waals surface area contributed by atoms with Crippen LogP contribution in [0.5, 0.6) is 0 Å². The second kappa shape index (κ2) is 11.3. The second-order valence-corrected chi connectivity index (χ2v) is 9.28. The summed E-state index contributed by atoms with van der Waals surface area (Å²) in [5.74, 6) is 0.869. The summed E-state index contributed by atoms with van der Waals surface area (Å²) in [4.78, 5) is 24.4. The number of amides is 2. The minimum absolute atomic E-state index is 0.111. The number of nitrogens with one attached hydrogen (secondary N) is 1. The van der Waals surface area contributed by atoms with Gasteiger partial charge in [0.1, 0.15) is 13.0 Å². The Morgan fingerprint density at radius 2 is 1.53 bits per heavy atom. The van der Waals surface area contributed by atoms with Crippen molar-refractivity contribution < 1.29 is 14.2 Å². The lowest BCUT2D eigenvalue weighted by Crippen LogP contribution is -2.75. The number of unbranched alkanes of at least 4 members (excludes halogenated alkanes) is 4. The van der Waals surface area contributed by atoms with E-state index in [0.29, 0.717) is 13.0 Å². The van der Waals surface area contributed by atoms with Crippen molar-refractivity contribution in [2.45, 2.75) is 63.0 Å². The first-order chi connectivity index (χ1) is 14.6. The highest BCUT2D eigenvalue weighted by atomic mass is 32.2. The molecular formula is C25H33N2O2S+. The summed E-state index contributed by atoms with van der Waals surface area (Å²) in [6, 6.07) is 20.9. The molecule has 0 radical (unpaired) electrons. The fourth-order valence-electron chi connectivity index (χ4n) is 4.07. The second-order valence-electron chi connectivity index (χ2n) is 8.11. The van der Waals surface area contributed by atoms with E-state index >= 15 is 0 Å².